The third-order valence-electron chi connectivity index (χ3n) is 4.02. The molecule has 0 fully saturated rings. The maximum atomic E-state index is 12.4. The van der Waals surface area contributed by atoms with Crippen molar-refractivity contribution in [2.45, 2.75) is 13.8 Å². The van der Waals surface area contributed by atoms with Gasteiger partial charge in [0.15, 0.2) is 5.84 Å². The smallest absolute Gasteiger partial charge is 0.283 e. The van der Waals surface area contributed by atoms with Crippen molar-refractivity contribution in [1.29, 1.82) is 5.41 Å². The fourth-order valence-electron chi connectivity index (χ4n) is 2.62. The number of thioether (sulfide) groups is 1. The van der Waals surface area contributed by atoms with Crippen molar-refractivity contribution in [2.24, 2.45) is 16.0 Å². The molecule has 6 nitrogen and oxygen atoms in total. The predicted molar refractivity (Wildman–Crippen MR) is 109 cm³/mol. The van der Waals surface area contributed by atoms with Crippen molar-refractivity contribution in [2.75, 3.05) is 0 Å². The zero-order valence-electron chi connectivity index (χ0n) is 14.6. The quantitative estimate of drug-likeness (QED) is 0.747. The van der Waals surface area contributed by atoms with Gasteiger partial charge in [0.2, 0.25) is 5.17 Å². The van der Waals surface area contributed by atoms with Crippen molar-refractivity contribution in [3.8, 4) is 11.3 Å². The van der Waals surface area contributed by atoms with Crippen molar-refractivity contribution < 1.29 is 9.21 Å². The summed E-state index contributed by atoms with van der Waals surface area (Å²) >= 11 is 7.52. The van der Waals surface area contributed by atoms with E-state index in [9.17, 15) is 4.79 Å². The maximum absolute atomic E-state index is 12.4. The van der Waals surface area contributed by atoms with Crippen LogP contribution in [0.4, 0.5) is 0 Å². The zero-order chi connectivity index (χ0) is 19.1. The average Bonchev–Trinajstić information content (AvgIpc) is 3.26. The minimum absolute atomic E-state index is 0.0103. The minimum atomic E-state index is -0.477. The van der Waals surface area contributed by atoms with Crippen LogP contribution in [0.25, 0.3) is 17.4 Å². The van der Waals surface area contributed by atoms with Crippen LogP contribution in [0.2, 0.25) is 5.02 Å². The van der Waals surface area contributed by atoms with E-state index >= 15 is 0 Å². The molecule has 8 heteroatoms. The number of amidine groups is 2. The highest BCUT2D eigenvalue weighted by Gasteiger charge is 2.36. The Morgan fingerprint density at radius 2 is 2.04 bits per heavy atom. The molecular formula is C19H15ClN4O2S. The van der Waals surface area contributed by atoms with E-state index in [-0.39, 0.29) is 17.3 Å². The molecular weight excluding hydrogens is 384 g/mol. The highest BCUT2D eigenvalue weighted by atomic mass is 35.5. The largest absolute Gasteiger partial charge is 0.457 e. The number of benzene rings is 1. The third-order valence-corrected chi connectivity index (χ3v) is 5.56. The first kappa shape index (κ1) is 17.8. The van der Waals surface area contributed by atoms with E-state index in [1.54, 1.807) is 18.2 Å². The number of halogens is 1. The molecule has 0 aliphatic carbocycles. The van der Waals surface area contributed by atoms with Gasteiger partial charge in [-0.15, -0.1) is 0 Å². The number of hydrazone groups is 1. The fraction of sp³-hybridized carbons (Fsp3) is 0.158. The number of aliphatic imine (C=N–C) groups is 1. The first-order chi connectivity index (χ1) is 12.9. The monoisotopic (exact) mass is 398 g/mol. The standard InChI is InChI=1S/C19H15ClN4O2S/c1-10(2)18-23-24-16(21)13(17(25)22-19(24)27-18)9-11-7-8-15(26-11)12-5-3-4-6-14(12)20/h3-10,21H,1-2H3. The third kappa shape index (κ3) is 3.24. The number of fused-ring (bicyclic) bond motifs is 1. The molecule has 0 atom stereocenters. The van der Waals surface area contributed by atoms with Crippen LogP contribution in [0.5, 0.6) is 0 Å². The van der Waals surface area contributed by atoms with Gasteiger partial charge in [-0.25, -0.2) is 0 Å². The minimum Gasteiger partial charge on any atom is -0.457 e. The number of furan rings is 1. The van der Waals surface area contributed by atoms with Crippen LogP contribution >= 0.6 is 23.4 Å². The van der Waals surface area contributed by atoms with Crippen molar-refractivity contribution >= 4 is 51.4 Å². The molecule has 0 unspecified atom stereocenters. The van der Waals surface area contributed by atoms with Crippen LogP contribution in [0, 0.1) is 11.3 Å². The van der Waals surface area contributed by atoms with Gasteiger partial charge < -0.3 is 4.42 Å². The summed E-state index contributed by atoms with van der Waals surface area (Å²) in [6.07, 6.45) is 1.51. The lowest BCUT2D eigenvalue weighted by atomic mass is 10.1. The average molecular weight is 399 g/mol. The van der Waals surface area contributed by atoms with Gasteiger partial charge in [-0.1, -0.05) is 37.6 Å². The molecule has 1 N–H and O–H groups in total. The second kappa shape index (κ2) is 6.83. The molecule has 1 amide bonds. The van der Waals surface area contributed by atoms with E-state index in [1.165, 1.54) is 22.8 Å². The fourth-order valence-corrected chi connectivity index (χ4v) is 3.74. The topological polar surface area (TPSA) is 82.0 Å². The van der Waals surface area contributed by atoms with Crippen LogP contribution in [0.1, 0.15) is 19.6 Å². The highest BCUT2D eigenvalue weighted by molar-refractivity contribution is 8.27. The molecule has 0 saturated heterocycles. The molecule has 1 aromatic heterocycles. The summed E-state index contributed by atoms with van der Waals surface area (Å²) in [4.78, 5) is 16.5. The van der Waals surface area contributed by atoms with Gasteiger partial charge in [0.1, 0.15) is 16.6 Å². The summed E-state index contributed by atoms with van der Waals surface area (Å²) in [6, 6.07) is 10.9. The number of carbonyl (C=O) groups is 1. The van der Waals surface area contributed by atoms with Crippen molar-refractivity contribution in [3.63, 3.8) is 0 Å². The number of nitrogens with one attached hydrogen (secondary N) is 1. The lowest BCUT2D eigenvalue weighted by Crippen LogP contribution is -2.35. The number of rotatable bonds is 3. The van der Waals surface area contributed by atoms with Gasteiger partial charge in [0.25, 0.3) is 5.91 Å². The Balaban J connectivity index is 1.67. The van der Waals surface area contributed by atoms with Gasteiger partial charge in [-0.3, -0.25) is 10.2 Å². The summed E-state index contributed by atoms with van der Waals surface area (Å²) < 4.78 is 5.80. The van der Waals surface area contributed by atoms with E-state index in [0.717, 1.165) is 10.6 Å². The molecule has 2 aliphatic heterocycles. The Morgan fingerprint density at radius 1 is 1.26 bits per heavy atom. The zero-order valence-corrected chi connectivity index (χ0v) is 16.1. The van der Waals surface area contributed by atoms with E-state index in [1.807, 2.05) is 32.0 Å². The van der Waals surface area contributed by atoms with Gasteiger partial charge in [-0.2, -0.15) is 15.1 Å². The van der Waals surface area contributed by atoms with Crippen LogP contribution in [-0.2, 0) is 4.79 Å². The number of hydrogen-bond donors (Lipinski definition) is 1. The van der Waals surface area contributed by atoms with Gasteiger partial charge in [-0.05, 0) is 42.1 Å². The molecule has 136 valence electrons. The Hall–Kier alpha value is -2.64. The molecule has 0 radical (unpaired) electrons. The van der Waals surface area contributed by atoms with Crippen LogP contribution in [0.15, 0.2) is 56.5 Å². The predicted octanol–water partition coefficient (Wildman–Crippen LogP) is 4.88. The molecule has 27 heavy (non-hydrogen) atoms. The Morgan fingerprint density at radius 3 is 2.78 bits per heavy atom. The van der Waals surface area contributed by atoms with Crippen molar-refractivity contribution in [3.05, 3.63) is 52.8 Å². The molecule has 0 saturated carbocycles. The van der Waals surface area contributed by atoms with Gasteiger partial charge >= 0.3 is 0 Å². The second-order valence-corrected chi connectivity index (χ2v) is 7.69. The molecule has 2 aromatic rings. The Labute approximate surface area is 165 Å². The summed E-state index contributed by atoms with van der Waals surface area (Å²) in [6.45, 7) is 4.01. The van der Waals surface area contributed by atoms with E-state index in [4.69, 9.17) is 21.4 Å². The normalized spacial score (nSPS) is 18.2. The first-order valence-electron chi connectivity index (χ1n) is 8.29. The SMILES string of the molecule is CC(C)C1=NN2C(=N)C(=Cc3ccc(-c4ccccc4Cl)o3)C(=O)N=C2S1. The molecule has 1 aromatic carbocycles. The Bertz CT molecular complexity index is 1050. The lowest BCUT2D eigenvalue weighted by molar-refractivity contribution is -0.114. The molecule has 0 spiro atoms. The molecule has 4 rings (SSSR count). The van der Waals surface area contributed by atoms with Crippen LogP contribution in [0.3, 0.4) is 0 Å². The lowest BCUT2D eigenvalue weighted by Gasteiger charge is -2.19. The summed E-state index contributed by atoms with van der Waals surface area (Å²) in [5.74, 6) is 0.736. The second-order valence-electron chi connectivity index (χ2n) is 6.29. The van der Waals surface area contributed by atoms with E-state index in [0.29, 0.717) is 21.7 Å². The van der Waals surface area contributed by atoms with Gasteiger partial charge in [0.05, 0.1) is 10.6 Å². The summed E-state index contributed by atoms with van der Waals surface area (Å²) in [5, 5.41) is 16.0. The van der Waals surface area contributed by atoms with Gasteiger partial charge in [0, 0.05) is 11.5 Å². The summed E-state index contributed by atoms with van der Waals surface area (Å²) in [7, 11) is 0. The number of amides is 1. The highest BCUT2D eigenvalue weighted by Crippen LogP contribution is 2.32. The molecule has 3 heterocycles. The molecule has 2 aliphatic rings. The number of carbonyl (C=O) groups excluding carboxylic acids is 1. The maximum Gasteiger partial charge on any atom is 0.283 e. The van der Waals surface area contributed by atoms with Crippen molar-refractivity contribution in [1.82, 2.24) is 5.01 Å². The first-order valence-corrected chi connectivity index (χ1v) is 9.48. The van der Waals surface area contributed by atoms with E-state index in [2.05, 4.69) is 10.1 Å². The number of nitrogens with zero attached hydrogens (tertiary/aromatic N) is 3. The summed E-state index contributed by atoms with van der Waals surface area (Å²) in [5.41, 5.74) is 0.893. The van der Waals surface area contributed by atoms with Crippen LogP contribution in [-0.4, -0.2) is 27.0 Å². The molecule has 0 bridgehead atoms. The van der Waals surface area contributed by atoms with E-state index < -0.39 is 5.91 Å². The number of hydrogen-bond acceptors (Lipinski definition) is 5. The Kier molecular flexibility index (Phi) is 4.49. The van der Waals surface area contributed by atoms with Crippen LogP contribution < -0.4 is 0 Å².